The predicted molar refractivity (Wildman–Crippen MR) is 64.3 cm³/mol. The zero-order chi connectivity index (χ0) is 11.3. The maximum absolute atomic E-state index is 5.31. The third kappa shape index (κ3) is 4.71. The average molecular weight is 228 g/mol. The second kappa shape index (κ2) is 6.18. The summed E-state index contributed by atoms with van der Waals surface area (Å²) < 4.78 is 5.31. The lowest BCUT2D eigenvalue weighted by Gasteiger charge is -2.15. The first-order chi connectivity index (χ1) is 7.11. The third-order valence-corrected chi connectivity index (χ3v) is 3.12. The van der Waals surface area contributed by atoms with Crippen LogP contribution in [0.4, 0.5) is 0 Å². The minimum absolute atomic E-state index is 0.525. The van der Waals surface area contributed by atoms with E-state index in [0.717, 1.165) is 23.9 Å². The van der Waals surface area contributed by atoms with E-state index < -0.39 is 0 Å². The number of rotatable bonds is 6. The molecule has 3 nitrogen and oxygen atoms in total. The number of nitrogens with one attached hydrogen (secondary N) is 1. The number of aryl methyl sites for hydroxylation is 1. The van der Waals surface area contributed by atoms with Gasteiger partial charge in [0.15, 0.2) is 0 Å². The van der Waals surface area contributed by atoms with Crippen molar-refractivity contribution in [1.29, 1.82) is 0 Å². The van der Waals surface area contributed by atoms with Crippen LogP contribution in [-0.2, 0) is 0 Å². The monoisotopic (exact) mass is 228 g/mol. The van der Waals surface area contributed by atoms with E-state index in [2.05, 4.69) is 31.1 Å². The number of oxazole rings is 1. The van der Waals surface area contributed by atoms with Gasteiger partial charge in [-0.05, 0) is 26.8 Å². The summed E-state index contributed by atoms with van der Waals surface area (Å²) >= 11 is 1.70. The van der Waals surface area contributed by atoms with Crippen LogP contribution in [0.5, 0.6) is 0 Å². The molecule has 1 heterocycles. The molecule has 0 aromatic carbocycles. The Labute approximate surface area is 96.0 Å². The summed E-state index contributed by atoms with van der Waals surface area (Å²) in [7, 11) is 0. The van der Waals surface area contributed by atoms with Crippen molar-refractivity contribution < 1.29 is 4.42 Å². The van der Waals surface area contributed by atoms with Gasteiger partial charge in [-0.15, -0.1) is 0 Å². The lowest BCUT2D eigenvalue weighted by Crippen LogP contribution is -2.28. The summed E-state index contributed by atoms with van der Waals surface area (Å²) in [6.45, 7) is 9.52. The molecule has 1 rings (SSSR count). The van der Waals surface area contributed by atoms with E-state index in [1.54, 1.807) is 18.0 Å². The van der Waals surface area contributed by atoms with E-state index in [1.165, 1.54) is 0 Å². The Morgan fingerprint density at radius 3 is 2.80 bits per heavy atom. The average Bonchev–Trinajstić information content (AvgIpc) is 2.51. The topological polar surface area (TPSA) is 38.1 Å². The van der Waals surface area contributed by atoms with Crippen LogP contribution in [0.1, 0.15) is 32.9 Å². The van der Waals surface area contributed by atoms with Crippen LogP contribution >= 0.6 is 11.8 Å². The van der Waals surface area contributed by atoms with Crippen molar-refractivity contribution in [2.45, 2.75) is 50.6 Å². The minimum Gasteiger partial charge on any atom is -0.440 e. The van der Waals surface area contributed by atoms with Crippen LogP contribution in [0.15, 0.2) is 15.9 Å². The molecule has 0 amide bonds. The van der Waals surface area contributed by atoms with Crippen molar-refractivity contribution in [2.24, 2.45) is 0 Å². The summed E-state index contributed by atoms with van der Waals surface area (Å²) in [5.74, 6) is 0. The number of hydrogen-bond acceptors (Lipinski definition) is 4. The predicted octanol–water partition coefficient (Wildman–Crippen LogP) is 2.85. The third-order valence-electron chi connectivity index (χ3n) is 2.14. The molecule has 4 heteroatoms. The first-order valence-electron chi connectivity index (χ1n) is 5.44. The molecule has 0 radical (unpaired) electrons. The second-order valence-corrected chi connectivity index (χ2v) is 5.27. The normalized spacial score (nSPS) is 15.2. The fraction of sp³-hybridized carbons (Fsp3) is 0.727. The molecule has 0 aliphatic heterocycles. The van der Waals surface area contributed by atoms with Crippen molar-refractivity contribution in [1.82, 2.24) is 10.3 Å². The summed E-state index contributed by atoms with van der Waals surface area (Å²) in [4.78, 5) is 4.28. The molecule has 1 aromatic heterocycles. The first-order valence-corrected chi connectivity index (χ1v) is 6.32. The van der Waals surface area contributed by atoms with Crippen LogP contribution in [-0.4, -0.2) is 22.8 Å². The molecule has 15 heavy (non-hydrogen) atoms. The summed E-state index contributed by atoms with van der Waals surface area (Å²) in [6.07, 6.45) is 2.82. The highest BCUT2D eigenvalue weighted by atomic mass is 32.2. The van der Waals surface area contributed by atoms with Crippen molar-refractivity contribution >= 4 is 11.8 Å². The number of aromatic nitrogens is 1. The minimum atomic E-state index is 0.525. The Kier molecular flexibility index (Phi) is 5.19. The van der Waals surface area contributed by atoms with E-state index in [9.17, 15) is 0 Å². The van der Waals surface area contributed by atoms with Gasteiger partial charge in [-0.2, -0.15) is 0 Å². The van der Waals surface area contributed by atoms with Gasteiger partial charge in [0.2, 0.25) is 0 Å². The van der Waals surface area contributed by atoms with Crippen molar-refractivity contribution in [3.63, 3.8) is 0 Å². The smallest absolute Gasteiger partial charge is 0.256 e. The number of hydrogen-bond donors (Lipinski definition) is 1. The molecule has 0 spiro atoms. The molecular formula is C11H20N2OS. The highest BCUT2D eigenvalue weighted by Gasteiger charge is 2.12. The maximum Gasteiger partial charge on any atom is 0.256 e. The van der Waals surface area contributed by atoms with Crippen LogP contribution in [0.2, 0.25) is 0 Å². The second-order valence-electron chi connectivity index (χ2n) is 3.88. The Balaban J connectivity index is 2.32. The van der Waals surface area contributed by atoms with Gasteiger partial charge in [0.25, 0.3) is 5.22 Å². The van der Waals surface area contributed by atoms with Crippen molar-refractivity contribution in [3.05, 3.63) is 12.0 Å². The van der Waals surface area contributed by atoms with Crippen molar-refractivity contribution in [2.75, 3.05) is 6.54 Å². The van der Waals surface area contributed by atoms with E-state index in [-0.39, 0.29) is 0 Å². The molecule has 86 valence electrons. The van der Waals surface area contributed by atoms with Gasteiger partial charge >= 0.3 is 0 Å². The molecule has 0 aliphatic carbocycles. The Bertz CT molecular complexity index is 288. The van der Waals surface area contributed by atoms with Crippen LogP contribution in [0.3, 0.4) is 0 Å². The van der Waals surface area contributed by atoms with E-state index in [1.807, 2.05) is 6.92 Å². The molecule has 1 aromatic rings. The van der Waals surface area contributed by atoms with E-state index >= 15 is 0 Å². The Morgan fingerprint density at radius 1 is 1.53 bits per heavy atom. The Morgan fingerprint density at radius 2 is 2.27 bits per heavy atom. The van der Waals surface area contributed by atoms with Crippen LogP contribution in [0.25, 0.3) is 0 Å². The largest absolute Gasteiger partial charge is 0.440 e. The van der Waals surface area contributed by atoms with Crippen LogP contribution < -0.4 is 5.32 Å². The van der Waals surface area contributed by atoms with Gasteiger partial charge in [0.05, 0.1) is 5.69 Å². The van der Waals surface area contributed by atoms with Crippen LogP contribution in [0, 0.1) is 6.92 Å². The lowest BCUT2D eigenvalue weighted by molar-refractivity contribution is 0.451. The zero-order valence-electron chi connectivity index (χ0n) is 9.91. The molecule has 2 atom stereocenters. The van der Waals surface area contributed by atoms with Gasteiger partial charge in [-0.1, -0.05) is 25.6 Å². The molecule has 2 unspecified atom stereocenters. The molecule has 0 bridgehead atoms. The van der Waals surface area contributed by atoms with Gasteiger partial charge < -0.3 is 9.73 Å². The highest BCUT2D eigenvalue weighted by molar-refractivity contribution is 7.99. The number of nitrogens with zero attached hydrogens (tertiary/aromatic N) is 1. The molecule has 0 saturated heterocycles. The quantitative estimate of drug-likeness (QED) is 0.760. The maximum atomic E-state index is 5.31. The van der Waals surface area contributed by atoms with E-state index in [4.69, 9.17) is 4.42 Å². The Hall–Kier alpha value is -0.480. The SMILES string of the molecule is CCNC(C)CC(C)Sc1nc(C)co1. The molecule has 0 fully saturated rings. The van der Waals surface area contributed by atoms with Crippen molar-refractivity contribution in [3.8, 4) is 0 Å². The highest BCUT2D eigenvalue weighted by Crippen LogP contribution is 2.24. The van der Waals surface area contributed by atoms with Gasteiger partial charge in [-0.25, -0.2) is 4.98 Å². The molecule has 1 N–H and O–H groups in total. The summed E-state index contributed by atoms with van der Waals surface area (Å²) in [6, 6.07) is 0.550. The number of thioether (sulfide) groups is 1. The molecule has 0 aliphatic rings. The van der Waals surface area contributed by atoms with Gasteiger partial charge in [-0.3, -0.25) is 0 Å². The van der Waals surface area contributed by atoms with Gasteiger partial charge in [0, 0.05) is 11.3 Å². The zero-order valence-corrected chi connectivity index (χ0v) is 10.7. The van der Waals surface area contributed by atoms with E-state index in [0.29, 0.717) is 11.3 Å². The van der Waals surface area contributed by atoms with Gasteiger partial charge in [0.1, 0.15) is 6.26 Å². The lowest BCUT2D eigenvalue weighted by atomic mass is 10.2. The standard InChI is InChI=1S/C11H20N2OS/c1-5-12-8(2)6-10(4)15-11-13-9(3)7-14-11/h7-8,10,12H,5-6H2,1-4H3. The molecule has 0 saturated carbocycles. The fourth-order valence-corrected chi connectivity index (χ4v) is 2.57. The fourth-order valence-electron chi connectivity index (χ4n) is 1.54. The summed E-state index contributed by atoms with van der Waals surface area (Å²) in [5, 5.41) is 4.71. The molecular weight excluding hydrogens is 208 g/mol. The first kappa shape index (κ1) is 12.6. The summed E-state index contributed by atoms with van der Waals surface area (Å²) in [5.41, 5.74) is 0.949.